The van der Waals surface area contributed by atoms with Gasteiger partial charge in [0.2, 0.25) is 0 Å². The third kappa shape index (κ3) is 2.20. The smallest absolute Gasteiger partial charge is 0.0955 e. The molecule has 4 rings (SSSR count). The Labute approximate surface area is 137 Å². The lowest BCUT2D eigenvalue weighted by atomic mass is 9.75. The molecule has 0 radical (unpaired) electrons. The summed E-state index contributed by atoms with van der Waals surface area (Å²) in [6, 6.07) is 10.8. The van der Waals surface area contributed by atoms with Crippen LogP contribution in [0.15, 0.2) is 47.2 Å². The van der Waals surface area contributed by atoms with Crippen molar-refractivity contribution < 1.29 is 0 Å². The second kappa shape index (κ2) is 5.09. The molecule has 2 heterocycles. The number of aromatic nitrogens is 4. The third-order valence-corrected chi connectivity index (χ3v) is 5.30. The zero-order valence-electron chi connectivity index (χ0n) is 12.3. The lowest BCUT2D eigenvalue weighted by Crippen LogP contribution is -2.26. The van der Waals surface area contributed by atoms with Crippen molar-refractivity contribution in [2.45, 2.75) is 25.2 Å². The summed E-state index contributed by atoms with van der Waals surface area (Å²) in [4.78, 5) is 0. The average molecular weight is 357 g/mol. The molecule has 2 N–H and O–H groups in total. The van der Waals surface area contributed by atoms with Gasteiger partial charge in [0.05, 0.1) is 11.9 Å². The van der Waals surface area contributed by atoms with Crippen LogP contribution in [0.4, 0.5) is 0 Å². The Kier molecular flexibility index (Phi) is 3.18. The Bertz CT molecular complexity index is 771. The topological polar surface area (TPSA) is 57.4 Å². The minimum Gasteiger partial charge on any atom is -0.285 e. The van der Waals surface area contributed by atoms with Crippen LogP contribution >= 0.6 is 15.9 Å². The molecule has 1 saturated carbocycles. The number of hydrogen-bond donors (Lipinski definition) is 2. The van der Waals surface area contributed by atoms with Crippen LogP contribution in [0.2, 0.25) is 0 Å². The molecule has 0 spiro atoms. The van der Waals surface area contributed by atoms with Gasteiger partial charge in [-0.2, -0.15) is 10.2 Å². The normalized spacial score (nSPS) is 17.4. The van der Waals surface area contributed by atoms with Crippen LogP contribution in [0, 0.1) is 5.92 Å². The minimum atomic E-state index is -0.0182. The number of hydrogen-bond acceptors (Lipinski definition) is 2. The number of benzene rings is 1. The number of nitrogens with zero attached hydrogens (tertiary/aromatic N) is 2. The minimum absolute atomic E-state index is 0.0182. The Hall–Kier alpha value is -1.88. The first kappa shape index (κ1) is 13.8. The van der Waals surface area contributed by atoms with Gasteiger partial charge in [0.25, 0.3) is 0 Å². The molecule has 1 aliphatic carbocycles. The number of rotatable bonds is 4. The van der Waals surface area contributed by atoms with E-state index in [-0.39, 0.29) is 5.41 Å². The third-order valence-electron chi connectivity index (χ3n) is 4.77. The largest absolute Gasteiger partial charge is 0.285 e. The molecule has 1 fully saturated rings. The van der Waals surface area contributed by atoms with E-state index in [1.54, 1.807) is 6.20 Å². The molecule has 2 aromatic heterocycles. The van der Waals surface area contributed by atoms with Crippen LogP contribution in [0.25, 0.3) is 11.3 Å². The molecule has 22 heavy (non-hydrogen) atoms. The second-order valence-electron chi connectivity index (χ2n) is 6.14. The Morgan fingerprint density at radius 2 is 2.00 bits per heavy atom. The Morgan fingerprint density at radius 1 is 1.23 bits per heavy atom. The van der Waals surface area contributed by atoms with Crippen molar-refractivity contribution in [2.75, 3.05) is 0 Å². The molecule has 112 valence electrons. The molecular formula is C17H17BrN4. The lowest BCUT2D eigenvalue weighted by Gasteiger charge is -2.29. The highest BCUT2D eigenvalue weighted by molar-refractivity contribution is 9.10. The fraction of sp³-hybridized carbons (Fsp3) is 0.294. The van der Waals surface area contributed by atoms with Crippen LogP contribution in [0.1, 0.15) is 31.0 Å². The van der Waals surface area contributed by atoms with E-state index >= 15 is 0 Å². The molecular weight excluding hydrogens is 340 g/mol. The molecule has 1 aliphatic rings. The first-order valence-electron chi connectivity index (χ1n) is 7.49. The molecule has 3 aromatic rings. The summed E-state index contributed by atoms with van der Waals surface area (Å²) in [5.74, 6) is 0.673. The van der Waals surface area contributed by atoms with E-state index in [1.165, 1.54) is 24.1 Å². The van der Waals surface area contributed by atoms with Crippen molar-refractivity contribution >= 4 is 15.9 Å². The standard InChI is InChI=1S/C17H17BrN4/c1-17(12-2-3-12,13-4-6-14(18)7-5-13)16-8-15(21-22-16)11-9-19-20-10-11/h4-10,12H,2-3H2,1H3,(H,19,20)(H,21,22). The first-order valence-corrected chi connectivity index (χ1v) is 8.28. The number of halogens is 1. The van der Waals surface area contributed by atoms with Gasteiger partial charge in [0.15, 0.2) is 0 Å². The van der Waals surface area contributed by atoms with E-state index in [2.05, 4.69) is 73.6 Å². The summed E-state index contributed by atoms with van der Waals surface area (Å²) in [6.07, 6.45) is 6.21. The van der Waals surface area contributed by atoms with Gasteiger partial charge in [-0.1, -0.05) is 28.1 Å². The van der Waals surface area contributed by atoms with Gasteiger partial charge in [0.1, 0.15) is 0 Å². The Balaban J connectivity index is 1.78. The van der Waals surface area contributed by atoms with Crippen molar-refractivity contribution in [1.29, 1.82) is 0 Å². The molecule has 1 aromatic carbocycles. The fourth-order valence-electron chi connectivity index (χ4n) is 3.19. The zero-order chi connectivity index (χ0) is 15.2. The maximum atomic E-state index is 4.48. The van der Waals surface area contributed by atoms with Crippen molar-refractivity contribution in [2.24, 2.45) is 5.92 Å². The molecule has 0 saturated heterocycles. The first-order chi connectivity index (χ1) is 10.7. The van der Waals surface area contributed by atoms with E-state index in [0.29, 0.717) is 5.92 Å². The van der Waals surface area contributed by atoms with Crippen LogP contribution in [-0.2, 0) is 5.41 Å². The molecule has 4 nitrogen and oxygen atoms in total. The summed E-state index contributed by atoms with van der Waals surface area (Å²) >= 11 is 3.52. The van der Waals surface area contributed by atoms with Crippen molar-refractivity contribution in [3.8, 4) is 11.3 Å². The van der Waals surface area contributed by atoms with Gasteiger partial charge in [-0.3, -0.25) is 10.2 Å². The molecule has 1 atom stereocenters. The summed E-state index contributed by atoms with van der Waals surface area (Å²) in [5.41, 5.74) is 4.44. The molecule has 0 bridgehead atoms. The molecule has 5 heteroatoms. The fourth-order valence-corrected chi connectivity index (χ4v) is 3.46. The van der Waals surface area contributed by atoms with Gasteiger partial charge < -0.3 is 0 Å². The van der Waals surface area contributed by atoms with Gasteiger partial charge >= 0.3 is 0 Å². The number of H-pyrrole nitrogens is 2. The maximum Gasteiger partial charge on any atom is 0.0955 e. The molecule has 0 amide bonds. The van der Waals surface area contributed by atoms with Gasteiger partial charge in [0, 0.05) is 27.3 Å². The maximum absolute atomic E-state index is 4.48. The quantitative estimate of drug-likeness (QED) is 0.732. The van der Waals surface area contributed by atoms with E-state index < -0.39 is 0 Å². The monoisotopic (exact) mass is 356 g/mol. The van der Waals surface area contributed by atoms with E-state index in [0.717, 1.165) is 15.7 Å². The number of nitrogens with one attached hydrogen (secondary N) is 2. The van der Waals surface area contributed by atoms with Crippen LogP contribution in [0.5, 0.6) is 0 Å². The highest BCUT2D eigenvalue weighted by Gasteiger charge is 2.45. The van der Waals surface area contributed by atoms with Crippen LogP contribution < -0.4 is 0 Å². The highest BCUT2D eigenvalue weighted by Crippen LogP contribution is 2.51. The van der Waals surface area contributed by atoms with E-state index in [9.17, 15) is 0 Å². The van der Waals surface area contributed by atoms with Gasteiger partial charge in [-0.25, -0.2) is 0 Å². The molecule has 0 aliphatic heterocycles. The van der Waals surface area contributed by atoms with Gasteiger partial charge in [-0.15, -0.1) is 0 Å². The van der Waals surface area contributed by atoms with Crippen molar-refractivity contribution in [1.82, 2.24) is 20.4 Å². The predicted molar refractivity (Wildman–Crippen MR) is 89.5 cm³/mol. The van der Waals surface area contributed by atoms with Crippen molar-refractivity contribution in [3.63, 3.8) is 0 Å². The number of aromatic amines is 2. The average Bonchev–Trinajstić information content (AvgIpc) is 3.03. The van der Waals surface area contributed by atoms with Crippen molar-refractivity contribution in [3.05, 3.63) is 58.5 Å². The SMILES string of the molecule is CC(c1ccc(Br)cc1)(c1cc(-c2cn[nH]c2)n[nH]1)C1CC1. The lowest BCUT2D eigenvalue weighted by molar-refractivity contribution is 0.479. The molecule has 1 unspecified atom stereocenters. The summed E-state index contributed by atoms with van der Waals surface area (Å²) < 4.78 is 1.11. The summed E-state index contributed by atoms with van der Waals surface area (Å²) in [5, 5.41) is 14.6. The zero-order valence-corrected chi connectivity index (χ0v) is 13.9. The van der Waals surface area contributed by atoms with E-state index in [4.69, 9.17) is 0 Å². The highest BCUT2D eigenvalue weighted by atomic mass is 79.9. The predicted octanol–water partition coefficient (Wildman–Crippen LogP) is 4.28. The summed E-state index contributed by atoms with van der Waals surface area (Å²) in [6.45, 7) is 2.32. The van der Waals surface area contributed by atoms with E-state index in [1.807, 2.05) is 6.20 Å². The van der Waals surface area contributed by atoms with Crippen LogP contribution in [-0.4, -0.2) is 20.4 Å². The summed E-state index contributed by atoms with van der Waals surface area (Å²) in [7, 11) is 0. The second-order valence-corrected chi connectivity index (χ2v) is 7.05. The van der Waals surface area contributed by atoms with Crippen LogP contribution in [0.3, 0.4) is 0 Å². The van der Waals surface area contributed by atoms with Gasteiger partial charge in [-0.05, 0) is 49.4 Å². The Morgan fingerprint density at radius 3 is 2.64 bits per heavy atom.